The number of aliphatic imine (C=N–C) groups is 1. The van der Waals surface area contributed by atoms with E-state index in [0.29, 0.717) is 12.4 Å². The molecule has 2 heterocycles. The van der Waals surface area contributed by atoms with E-state index in [1.807, 2.05) is 69.3 Å². The fourth-order valence-corrected chi connectivity index (χ4v) is 2.68. The van der Waals surface area contributed by atoms with E-state index in [0.717, 1.165) is 11.3 Å². The van der Waals surface area contributed by atoms with Gasteiger partial charge >= 0.3 is 0 Å². The third-order valence-corrected chi connectivity index (χ3v) is 4.47. The maximum Gasteiger partial charge on any atom is 0.256 e. The van der Waals surface area contributed by atoms with Gasteiger partial charge in [0.15, 0.2) is 5.84 Å². The average Bonchev–Trinajstić information content (AvgIpc) is 2.83. The first-order valence-electron chi connectivity index (χ1n) is 7.89. The number of benzene rings is 1. The highest BCUT2D eigenvalue weighted by Crippen LogP contribution is 2.32. The molecule has 1 aromatic carbocycles. The van der Waals surface area contributed by atoms with Crippen LogP contribution in [-0.4, -0.2) is 27.2 Å². The van der Waals surface area contributed by atoms with Crippen LogP contribution in [0.15, 0.2) is 59.7 Å². The van der Waals surface area contributed by atoms with Crippen LogP contribution >= 0.6 is 0 Å². The van der Waals surface area contributed by atoms with Gasteiger partial charge in [-0.15, -0.1) is 0 Å². The molecule has 4 nitrogen and oxygen atoms in total. The molecule has 23 heavy (non-hydrogen) atoms. The highest BCUT2D eigenvalue weighted by molar-refractivity contribution is 6.14. The lowest BCUT2D eigenvalue weighted by Gasteiger charge is -2.25. The number of aromatic nitrogens is 1. The quantitative estimate of drug-likeness (QED) is 0.870. The molecule has 1 aliphatic rings. The van der Waals surface area contributed by atoms with Crippen molar-refractivity contribution in [3.8, 4) is 0 Å². The molecule has 2 aromatic rings. The number of pyridine rings is 1. The second-order valence-corrected chi connectivity index (χ2v) is 6.33. The summed E-state index contributed by atoms with van der Waals surface area (Å²) in [6.45, 7) is 6.48. The van der Waals surface area contributed by atoms with E-state index in [1.165, 1.54) is 0 Å². The number of nitrogens with zero attached hydrogens (tertiary/aromatic N) is 3. The van der Waals surface area contributed by atoms with Gasteiger partial charge in [0, 0.05) is 6.20 Å². The molecule has 0 bridgehead atoms. The molecule has 0 radical (unpaired) electrons. The van der Waals surface area contributed by atoms with Gasteiger partial charge in [-0.05, 0) is 30.5 Å². The zero-order valence-electron chi connectivity index (χ0n) is 13.7. The summed E-state index contributed by atoms with van der Waals surface area (Å²) < 4.78 is 0. The van der Waals surface area contributed by atoms with Gasteiger partial charge in [0.05, 0.1) is 6.54 Å². The van der Waals surface area contributed by atoms with Crippen LogP contribution < -0.4 is 0 Å². The van der Waals surface area contributed by atoms with Crippen LogP contribution in [0.5, 0.6) is 0 Å². The fraction of sp³-hybridized carbons (Fsp3) is 0.316. The molecule has 0 unspecified atom stereocenters. The topological polar surface area (TPSA) is 45.6 Å². The molecule has 118 valence electrons. The first-order valence-corrected chi connectivity index (χ1v) is 7.89. The normalized spacial score (nSPS) is 21.0. The number of rotatable bonds is 4. The lowest BCUT2D eigenvalue weighted by Crippen LogP contribution is -2.43. The summed E-state index contributed by atoms with van der Waals surface area (Å²) in [5.41, 5.74) is 1.08. The maximum absolute atomic E-state index is 13.0. The molecule has 3 rings (SSSR count). The summed E-state index contributed by atoms with van der Waals surface area (Å²) in [4.78, 5) is 24.0. The van der Waals surface area contributed by atoms with E-state index >= 15 is 0 Å². The Morgan fingerprint density at radius 2 is 1.78 bits per heavy atom. The Morgan fingerprint density at radius 1 is 1.09 bits per heavy atom. The molecule has 0 fully saturated rings. The van der Waals surface area contributed by atoms with Crippen LogP contribution in [0.3, 0.4) is 0 Å². The van der Waals surface area contributed by atoms with Crippen LogP contribution in [0.4, 0.5) is 0 Å². The van der Waals surface area contributed by atoms with Crippen LogP contribution in [0.1, 0.15) is 32.0 Å². The Labute approximate surface area is 136 Å². The van der Waals surface area contributed by atoms with Crippen molar-refractivity contribution in [2.45, 2.75) is 32.9 Å². The summed E-state index contributed by atoms with van der Waals surface area (Å²) in [7, 11) is 0. The second kappa shape index (κ2) is 5.95. The van der Waals surface area contributed by atoms with Crippen LogP contribution in [0.25, 0.3) is 0 Å². The summed E-state index contributed by atoms with van der Waals surface area (Å²) in [6.07, 6.45) is 1.73. The summed E-state index contributed by atoms with van der Waals surface area (Å²) in [6, 6.07) is 15.7. The number of hydrogen-bond donors (Lipinski definition) is 0. The molecule has 0 spiro atoms. The lowest BCUT2D eigenvalue weighted by molar-refractivity contribution is -0.132. The van der Waals surface area contributed by atoms with Crippen LogP contribution in [-0.2, 0) is 11.3 Å². The minimum Gasteiger partial charge on any atom is -0.289 e. The Morgan fingerprint density at radius 3 is 2.39 bits per heavy atom. The lowest BCUT2D eigenvalue weighted by atomic mass is 9.89. The van der Waals surface area contributed by atoms with Gasteiger partial charge in [0.25, 0.3) is 5.91 Å². The molecule has 0 N–H and O–H groups in total. The van der Waals surface area contributed by atoms with Crippen molar-refractivity contribution in [1.29, 1.82) is 0 Å². The van der Waals surface area contributed by atoms with Gasteiger partial charge in [0.1, 0.15) is 11.2 Å². The van der Waals surface area contributed by atoms with Crippen molar-refractivity contribution in [3.63, 3.8) is 0 Å². The first-order chi connectivity index (χ1) is 11.0. The third kappa shape index (κ3) is 2.77. The number of amides is 1. The molecule has 1 atom stereocenters. The van der Waals surface area contributed by atoms with E-state index in [2.05, 4.69) is 4.98 Å². The Hall–Kier alpha value is -2.49. The predicted octanol–water partition coefficient (Wildman–Crippen LogP) is 3.29. The van der Waals surface area contributed by atoms with Crippen LogP contribution in [0.2, 0.25) is 0 Å². The monoisotopic (exact) mass is 307 g/mol. The highest BCUT2D eigenvalue weighted by Gasteiger charge is 2.47. The standard InChI is InChI=1S/C19H21N3O/c1-14(2)19(3)18(23)22(13-15-9-5-4-6-10-15)17(21-19)16-11-7-8-12-20-16/h4-12,14H,13H2,1-3H3/t19-/m0/s1. The van der Waals surface area contributed by atoms with Gasteiger partial charge in [-0.25, -0.2) is 4.99 Å². The van der Waals surface area contributed by atoms with Gasteiger partial charge in [-0.2, -0.15) is 0 Å². The summed E-state index contributed by atoms with van der Waals surface area (Å²) in [5, 5.41) is 0. The molecule has 0 saturated carbocycles. The molecule has 0 aliphatic carbocycles. The average molecular weight is 307 g/mol. The van der Waals surface area contributed by atoms with Crippen molar-refractivity contribution in [1.82, 2.24) is 9.88 Å². The minimum atomic E-state index is -0.734. The minimum absolute atomic E-state index is 0.0389. The molecule has 1 aliphatic heterocycles. The van der Waals surface area contributed by atoms with E-state index in [-0.39, 0.29) is 11.8 Å². The van der Waals surface area contributed by atoms with Gasteiger partial charge in [-0.3, -0.25) is 14.7 Å². The fourth-order valence-electron chi connectivity index (χ4n) is 2.68. The second-order valence-electron chi connectivity index (χ2n) is 6.33. The summed E-state index contributed by atoms with van der Waals surface area (Å²) in [5.74, 6) is 0.821. The van der Waals surface area contributed by atoms with Crippen molar-refractivity contribution in [2.75, 3.05) is 0 Å². The number of hydrogen-bond acceptors (Lipinski definition) is 3. The zero-order valence-corrected chi connectivity index (χ0v) is 13.7. The third-order valence-electron chi connectivity index (χ3n) is 4.47. The van der Waals surface area contributed by atoms with Crippen molar-refractivity contribution in [3.05, 3.63) is 66.0 Å². The molecule has 4 heteroatoms. The van der Waals surface area contributed by atoms with Crippen molar-refractivity contribution in [2.24, 2.45) is 10.9 Å². The van der Waals surface area contributed by atoms with Crippen molar-refractivity contribution >= 4 is 11.7 Å². The Kier molecular flexibility index (Phi) is 3.99. The van der Waals surface area contributed by atoms with Gasteiger partial charge < -0.3 is 0 Å². The zero-order chi connectivity index (χ0) is 16.4. The first kappa shape index (κ1) is 15.4. The highest BCUT2D eigenvalue weighted by atomic mass is 16.2. The largest absolute Gasteiger partial charge is 0.289 e. The molecule has 1 amide bonds. The maximum atomic E-state index is 13.0. The Bertz CT molecular complexity index is 725. The van der Waals surface area contributed by atoms with Crippen molar-refractivity contribution < 1.29 is 4.79 Å². The van der Waals surface area contributed by atoms with Gasteiger partial charge in [-0.1, -0.05) is 50.2 Å². The smallest absolute Gasteiger partial charge is 0.256 e. The molecular formula is C19H21N3O. The number of carbonyl (C=O) groups excluding carboxylic acids is 1. The molecular weight excluding hydrogens is 286 g/mol. The molecule has 1 aromatic heterocycles. The van der Waals surface area contributed by atoms with Crippen LogP contribution in [0, 0.1) is 5.92 Å². The van der Waals surface area contributed by atoms with E-state index in [9.17, 15) is 4.79 Å². The number of carbonyl (C=O) groups is 1. The summed E-state index contributed by atoms with van der Waals surface area (Å²) >= 11 is 0. The Balaban J connectivity index is 2.02. The van der Waals surface area contributed by atoms with E-state index in [1.54, 1.807) is 11.1 Å². The number of amidine groups is 1. The van der Waals surface area contributed by atoms with Gasteiger partial charge in [0.2, 0.25) is 0 Å². The molecule has 0 saturated heterocycles. The predicted molar refractivity (Wildman–Crippen MR) is 91.0 cm³/mol. The van der Waals surface area contributed by atoms with E-state index in [4.69, 9.17) is 4.99 Å². The SMILES string of the molecule is CC(C)[C@]1(C)N=C(c2ccccn2)N(Cc2ccccc2)C1=O. The van der Waals surface area contributed by atoms with E-state index < -0.39 is 5.54 Å².